The quantitative estimate of drug-likeness (QED) is 0.822. The number of nitrogens with zero attached hydrogens (tertiary/aromatic N) is 1. The molecule has 1 N–H and O–H groups in total. The highest BCUT2D eigenvalue weighted by molar-refractivity contribution is 5.78. The van der Waals surface area contributed by atoms with Crippen molar-refractivity contribution in [3.05, 3.63) is 35.9 Å². The molecule has 0 unspecified atom stereocenters. The van der Waals surface area contributed by atoms with Crippen LogP contribution in [0.5, 0.6) is 0 Å². The number of benzene rings is 1. The van der Waals surface area contributed by atoms with Crippen LogP contribution in [0.4, 0.5) is 4.79 Å². The van der Waals surface area contributed by atoms with E-state index in [0.29, 0.717) is 26.0 Å². The number of likely N-dealkylation sites (tertiary alicyclic amines) is 1. The zero-order chi connectivity index (χ0) is 16.0. The van der Waals surface area contributed by atoms with Crippen molar-refractivity contribution in [2.24, 2.45) is 0 Å². The molecule has 0 saturated carbocycles. The topological polar surface area (TPSA) is 58.6 Å². The molecule has 0 radical (unpaired) electrons. The minimum absolute atomic E-state index is 0.203. The first-order valence-electron chi connectivity index (χ1n) is 7.77. The van der Waals surface area contributed by atoms with E-state index < -0.39 is 11.6 Å². The van der Waals surface area contributed by atoms with Crippen molar-refractivity contribution in [3.63, 3.8) is 0 Å². The van der Waals surface area contributed by atoms with Crippen LogP contribution in [-0.4, -0.2) is 36.6 Å². The maximum Gasteiger partial charge on any atom is 0.407 e. The Balaban J connectivity index is 1.70. The summed E-state index contributed by atoms with van der Waals surface area (Å²) in [4.78, 5) is 25.2. The van der Waals surface area contributed by atoms with Gasteiger partial charge in [0.1, 0.15) is 0 Å². The number of ether oxygens (including phenoxy) is 1. The first-order chi connectivity index (χ1) is 10.5. The fourth-order valence-corrected chi connectivity index (χ4v) is 2.58. The molecule has 2 amide bonds. The summed E-state index contributed by atoms with van der Waals surface area (Å²) in [6, 6.07) is 9.77. The van der Waals surface area contributed by atoms with Gasteiger partial charge in [0.05, 0.1) is 12.1 Å². The normalized spacial score (nSPS) is 15.0. The van der Waals surface area contributed by atoms with Crippen LogP contribution in [0.25, 0.3) is 0 Å². The van der Waals surface area contributed by atoms with Gasteiger partial charge >= 0.3 is 6.09 Å². The number of amides is 2. The van der Waals surface area contributed by atoms with Crippen LogP contribution in [0.1, 0.15) is 38.7 Å². The molecule has 0 bridgehead atoms. The summed E-state index contributed by atoms with van der Waals surface area (Å²) in [5.41, 5.74) is 0.540. The molecule has 1 aliphatic rings. The van der Waals surface area contributed by atoms with Gasteiger partial charge in [-0.1, -0.05) is 30.3 Å². The third-order valence-corrected chi connectivity index (χ3v) is 3.89. The number of hydrogen-bond donors (Lipinski definition) is 1. The summed E-state index contributed by atoms with van der Waals surface area (Å²) < 4.78 is 5.21. The van der Waals surface area contributed by atoms with Crippen molar-refractivity contribution in [1.82, 2.24) is 10.2 Å². The second-order valence-electron chi connectivity index (χ2n) is 6.09. The summed E-state index contributed by atoms with van der Waals surface area (Å²) in [5, 5.41) is 2.87. The molecule has 22 heavy (non-hydrogen) atoms. The molecular weight excluding hydrogens is 280 g/mol. The van der Waals surface area contributed by atoms with Gasteiger partial charge in [-0.25, -0.2) is 4.79 Å². The fraction of sp³-hybridized carbons (Fsp3) is 0.529. The molecule has 1 heterocycles. The average molecular weight is 304 g/mol. The Morgan fingerprint density at radius 3 is 2.68 bits per heavy atom. The zero-order valence-corrected chi connectivity index (χ0v) is 13.3. The van der Waals surface area contributed by atoms with Gasteiger partial charge in [0, 0.05) is 19.5 Å². The van der Waals surface area contributed by atoms with E-state index in [0.717, 1.165) is 18.5 Å². The van der Waals surface area contributed by atoms with Gasteiger partial charge in [-0.05, 0) is 32.3 Å². The molecule has 1 aliphatic heterocycles. The Bertz CT molecular complexity index is 514. The summed E-state index contributed by atoms with van der Waals surface area (Å²) in [6.45, 7) is 5.68. The third kappa shape index (κ3) is 4.48. The lowest BCUT2D eigenvalue weighted by atomic mass is 9.95. The zero-order valence-electron chi connectivity index (χ0n) is 13.3. The van der Waals surface area contributed by atoms with Crippen LogP contribution in [-0.2, 0) is 15.1 Å². The van der Waals surface area contributed by atoms with Crippen LogP contribution >= 0.6 is 0 Å². The fourth-order valence-electron chi connectivity index (χ4n) is 2.58. The van der Waals surface area contributed by atoms with Gasteiger partial charge in [0.2, 0.25) is 5.91 Å². The Hall–Kier alpha value is -2.04. The van der Waals surface area contributed by atoms with Crippen molar-refractivity contribution in [3.8, 4) is 0 Å². The van der Waals surface area contributed by atoms with Crippen molar-refractivity contribution >= 4 is 12.0 Å². The molecule has 2 rings (SSSR count). The second-order valence-corrected chi connectivity index (χ2v) is 6.09. The van der Waals surface area contributed by atoms with E-state index >= 15 is 0 Å². The highest BCUT2D eigenvalue weighted by Crippen LogP contribution is 2.19. The molecule has 1 saturated heterocycles. The van der Waals surface area contributed by atoms with Crippen LogP contribution in [0.15, 0.2) is 30.3 Å². The predicted octanol–water partition coefficient (Wildman–Crippen LogP) is 2.66. The first kappa shape index (κ1) is 16.3. The number of carbonyl (C=O) groups is 2. The molecule has 5 heteroatoms. The van der Waals surface area contributed by atoms with E-state index in [1.165, 1.54) is 0 Å². The van der Waals surface area contributed by atoms with Crippen LogP contribution in [0, 0.1) is 0 Å². The first-order valence-corrected chi connectivity index (χ1v) is 7.77. The smallest absolute Gasteiger partial charge is 0.407 e. The van der Waals surface area contributed by atoms with Crippen molar-refractivity contribution in [1.29, 1.82) is 0 Å². The standard InChI is InChI=1S/C17H24N2O3/c1-17(2,14-8-4-3-5-9-14)18-16(21)22-13-7-12-19-11-6-10-15(19)20/h3-5,8-9H,6-7,10-13H2,1-2H3,(H,18,21). The van der Waals surface area contributed by atoms with Gasteiger partial charge in [-0.2, -0.15) is 0 Å². The van der Waals surface area contributed by atoms with Crippen LogP contribution in [0.2, 0.25) is 0 Å². The molecular formula is C17H24N2O3. The number of hydrogen-bond acceptors (Lipinski definition) is 3. The van der Waals surface area contributed by atoms with Gasteiger partial charge in [-0.3, -0.25) is 4.79 Å². The molecule has 0 atom stereocenters. The van der Waals surface area contributed by atoms with E-state index in [2.05, 4.69) is 5.32 Å². The van der Waals surface area contributed by atoms with E-state index in [1.807, 2.05) is 49.1 Å². The molecule has 1 aromatic rings. The molecule has 5 nitrogen and oxygen atoms in total. The van der Waals surface area contributed by atoms with Crippen molar-refractivity contribution in [2.75, 3.05) is 19.7 Å². The summed E-state index contributed by atoms with van der Waals surface area (Å²) in [7, 11) is 0. The monoisotopic (exact) mass is 304 g/mol. The summed E-state index contributed by atoms with van der Waals surface area (Å²) in [5.74, 6) is 0.203. The third-order valence-electron chi connectivity index (χ3n) is 3.89. The molecule has 0 aromatic heterocycles. The second kappa shape index (κ2) is 7.29. The lowest BCUT2D eigenvalue weighted by Gasteiger charge is -2.26. The Kier molecular flexibility index (Phi) is 5.41. The molecule has 1 fully saturated rings. The van der Waals surface area contributed by atoms with Gasteiger partial charge in [-0.15, -0.1) is 0 Å². The Morgan fingerprint density at radius 2 is 2.05 bits per heavy atom. The highest BCUT2D eigenvalue weighted by atomic mass is 16.5. The molecule has 120 valence electrons. The van der Waals surface area contributed by atoms with Gasteiger partial charge in [0.15, 0.2) is 0 Å². The van der Waals surface area contributed by atoms with Crippen molar-refractivity contribution in [2.45, 2.75) is 38.6 Å². The number of rotatable bonds is 6. The maximum atomic E-state index is 11.9. The molecule has 1 aromatic carbocycles. The molecule has 0 aliphatic carbocycles. The van der Waals surface area contributed by atoms with Gasteiger partial charge in [0.25, 0.3) is 0 Å². The number of alkyl carbamates (subject to hydrolysis) is 1. The minimum atomic E-state index is -0.483. The summed E-state index contributed by atoms with van der Waals surface area (Å²) >= 11 is 0. The van der Waals surface area contributed by atoms with Crippen LogP contribution in [0.3, 0.4) is 0 Å². The Morgan fingerprint density at radius 1 is 1.32 bits per heavy atom. The lowest BCUT2D eigenvalue weighted by Crippen LogP contribution is -2.41. The predicted molar refractivity (Wildman–Crippen MR) is 84.4 cm³/mol. The average Bonchev–Trinajstić information content (AvgIpc) is 2.89. The van der Waals surface area contributed by atoms with E-state index in [9.17, 15) is 9.59 Å². The Labute approximate surface area is 131 Å². The lowest BCUT2D eigenvalue weighted by molar-refractivity contribution is -0.127. The van der Waals surface area contributed by atoms with E-state index in [4.69, 9.17) is 4.74 Å². The van der Waals surface area contributed by atoms with Crippen molar-refractivity contribution < 1.29 is 14.3 Å². The number of carbonyl (C=O) groups excluding carboxylic acids is 2. The summed E-state index contributed by atoms with van der Waals surface area (Å²) in [6.07, 6.45) is 1.82. The van der Waals surface area contributed by atoms with E-state index in [-0.39, 0.29) is 5.91 Å². The maximum absolute atomic E-state index is 11.9. The van der Waals surface area contributed by atoms with E-state index in [1.54, 1.807) is 0 Å². The number of nitrogens with one attached hydrogen (secondary N) is 1. The highest BCUT2D eigenvalue weighted by Gasteiger charge is 2.23. The van der Waals surface area contributed by atoms with Crippen LogP contribution < -0.4 is 5.32 Å². The van der Waals surface area contributed by atoms with Gasteiger partial charge < -0.3 is 15.0 Å². The minimum Gasteiger partial charge on any atom is -0.449 e. The largest absolute Gasteiger partial charge is 0.449 e. The molecule has 0 spiro atoms. The SMILES string of the molecule is CC(C)(NC(=O)OCCCN1CCCC1=O)c1ccccc1.